The van der Waals surface area contributed by atoms with Crippen molar-refractivity contribution in [3.05, 3.63) is 124 Å². The van der Waals surface area contributed by atoms with Crippen LogP contribution in [0.4, 0.5) is 18.9 Å². The van der Waals surface area contributed by atoms with Crippen LogP contribution in [0.15, 0.2) is 97.1 Å². The van der Waals surface area contributed by atoms with Crippen molar-refractivity contribution in [2.45, 2.75) is 39.5 Å². The van der Waals surface area contributed by atoms with E-state index in [9.17, 15) is 31.2 Å². The highest BCUT2D eigenvalue weighted by Gasteiger charge is 2.31. The lowest BCUT2D eigenvalue weighted by atomic mass is 9.89. The van der Waals surface area contributed by atoms with Gasteiger partial charge in [-0.3, -0.25) is 14.1 Å². The second-order valence-corrected chi connectivity index (χ2v) is 14.6. The first kappa shape index (κ1) is 38.2. The van der Waals surface area contributed by atoms with Gasteiger partial charge in [0.15, 0.2) is 0 Å². The van der Waals surface area contributed by atoms with Crippen molar-refractivity contribution in [1.29, 1.82) is 0 Å². The molecule has 0 spiro atoms. The molecule has 50 heavy (non-hydrogen) atoms. The van der Waals surface area contributed by atoms with Gasteiger partial charge in [-0.25, -0.2) is 0 Å². The van der Waals surface area contributed by atoms with Crippen molar-refractivity contribution in [1.82, 2.24) is 5.32 Å². The predicted molar refractivity (Wildman–Crippen MR) is 189 cm³/mol. The maximum atomic E-state index is 13.9. The quantitative estimate of drug-likeness (QED) is 0.126. The summed E-state index contributed by atoms with van der Waals surface area (Å²) in [6.07, 6.45) is -0.445. The van der Waals surface area contributed by atoms with Gasteiger partial charge in [-0.1, -0.05) is 99.1 Å². The van der Waals surface area contributed by atoms with Crippen LogP contribution >= 0.6 is 11.6 Å². The first-order valence-corrected chi connectivity index (χ1v) is 17.4. The van der Waals surface area contributed by atoms with Crippen molar-refractivity contribution >= 4 is 45.3 Å². The normalized spacial score (nSPS) is 12.8. The number of benzene rings is 4. The molecule has 4 aromatic rings. The molecular weight excluding hydrogens is 693 g/mol. The summed E-state index contributed by atoms with van der Waals surface area (Å²) in [5.74, 6) is -2.51. The fourth-order valence-electron chi connectivity index (χ4n) is 4.84. The van der Waals surface area contributed by atoms with Crippen LogP contribution in [0.2, 0.25) is 5.02 Å². The molecule has 13 heteroatoms. The Kier molecular flexibility index (Phi) is 12.2. The molecule has 0 saturated carbocycles. The molecule has 0 aliphatic rings. The van der Waals surface area contributed by atoms with E-state index in [1.165, 1.54) is 24.3 Å². The smallest absolute Gasteiger partial charge is 0.406 e. The number of carbonyl (C=O) groups excluding carboxylic acids is 2. The van der Waals surface area contributed by atoms with Crippen LogP contribution in [0, 0.1) is 5.41 Å². The third-order valence-corrected chi connectivity index (χ3v) is 8.41. The van der Waals surface area contributed by atoms with Crippen LogP contribution in [0.1, 0.15) is 53.7 Å². The minimum absolute atomic E-state index is 0.0134. The molecule has 0 aromatic heterocycles. The molecule has 0 radical (unpaired) electrons. The second-order valence-electron chi connectivity index (χ2n) is 12.6. The molecule has 4 aromatic carbocycles. The van der Waals surface area contributed by atoms with Crippen molar-refractivity contribution in [3.8, 4) is 16.9 Å². The van der Waals surface area contributed by atoms with Gasteiger partial charge < -0.3 is 15.4 Å². The molecule has 4 rings (SSSR count). The zero-order chi connectivity index (χ0) is 36.7. The fraction of sp³-hybridized carbons (Fsp3) is 0.243. The van der Waals surface area contributed by atoms with Gasteiger partial charge in [0.2, 0.25) is 5.91 Å². The molecule has 264 valence electrons. The number of rotatable bonds is 12. The summed E-state index contributed by atoms with van der Waals surface area (Å²) in [6, 6.07) is 24.3. The molecular formula is C37H36ClF3N2O6S. The van der Waals surface area contributed by atoms with E-state index in [2.05, 4.69) is 42.2 Å². The van der Waals surface area contributed by atoms with E-state index in [0.29, 0.717) is 16.8 Å². The second kappa shape index (κ2) is 15.9. The average molecular weight is 729 g/mol. The van der Waals surface area contributed by atoms with Gasteiger partial charge in [0.1, 0.15) is 5.75 Å². The van der Waals surface area contributed by atoms with E-state index in [1.54, 1.807) is 42.5 Å². The summed E-state index contributed by atoms with van der Waals surface area (Å²) in [7, 11) is -4.22. The lowest BCUT2D eigenvalue weighted by Crippen LogP contribution is -2.28. The van der Waals surface area contributed by atoms with E-state index < -0.39 is 34.1 Å². The van der Waals surface area contributed by atoms with E-state index >= 15 is 0 Å². The van der Waals surface area contributed by atoms with Gasteiger partial charge in [0, 0.05) is 12.1 Å². The number of amides is 2. The van der Waals surface area contributed by atoms with Crippen molar-refractivity contribution < 1.29 is 40.5 Å². The molecule has 0 heterocycles. The lowest BCUT2D eigenvalue weighted by Gasteiger charge is -2.19. The Morgan fingerprint density at radius 1 is 0.900 bits per heavy atom. The van der Waals surface area contributed by atoms with Crippen LogP contribution in [0.3, 0.4) is 0 Å². The van der Waals surface area contributed by atoms with Gasteiger partial charge >= 0.3 is 6.36 Å². The Hall–Kier alpha value is -4.65. The Labute approximate surface area is 294 Å². The molecule has 1 atom stereocenters. The predicted octanol–water partition coefficient (Wildman–Crippen LogP) is 8.55. The van der Waals surface area contributed by atoms with E-state index in [1.807, 2.05) is 30.3 Å². The fourth-order valence-corrected chi connectivity index (χ4v) is 5.42. The Morgan fingerprint density at radius 3 is 2.08 bits per heavy atom. The van der Waals surface area contributed by atoms with Crippen LogP contribution in [0.25, 0.3) is 17.2 Å². The molecule has 3 N–H and O–H groups in total. The zero-order valence-corrected chi connectivity index (χ0v) is 29.0. The van der Waals surface area contributed by atoms with Crippen LogP contribution < -0.4 is 15.4 Å². The number of hydrogen-bond donors (Lipinski definition) is 3. The zero-order valence-electron chi connectivity index (χ0n) is 27.4. The topological polar surface area (TPSA) is 122 Å². The number of carbonyl (C=O) groups is 2. The molecule has 0 fully saturated rings. The molecule has 0 aliphatic carbocycles. The van der Waals surface area contributed by atoms with E-state index in [4.69, 9.17) is 16.2 Å². The first-order chi connectivity index (χ1) is 23.3. The van der Waals surface area contributed by atoms with Crippen molar-refractivity contribution in [2.24, 2.45) is 5.41 Å². The van der Waals surface area contributed by atoms with Gasteiger partial charge in [-0.15, -0.1) is 13.2 Å². The highest BCUT2D eigenvalue weighted by atomic mass is 35.5. The van der Waals surface area contributed by atoms with Crippen molar-refractivity contribution in [3.63, 3.8) is 0 Å². The summed E-state index contributed by atoms with van der Waals surface area (Å²) >= 11 is 6.57. The third kappa shape index (κ3) is 12.0. The maximum absolute atomic E-state index is 13.9. The lowest BCUT2D eigenvalue weighted by molar-refractivity contribution is -0.274. The number of allylic oxidation sites excluding steroid dienone is 1. The Balaban J connectivity index is 1.54. The SMILES string of the molecule is CC(C)(C)/C=C/c1ccc(C(Cc2ccc(C(=O)NCCS(=O)(=O)O)cc2)C(=O)Nc2ccc(-c3ccc(OC(F)(F)F)cc3)cc2Cl)cc1. The molecule has 8 nitrogen and oxygen atoms in total. The summed E-state index contributed by atoms with van der Waals surface area (Å²) in [5, 5.41) is 5.56. The molecule has 2 amide bonds. The highest BCUT2D eigenvalue weighted by molar-refractivity contribution is 7.85. The highest BCUT2D eigenvalue weighted by Crippen LogP contribution is 2.32. The van der Waals surface area contributed by atoms with Crippen LogP contribution in [-0.4, -0.2) is 43.4 Å². The summed E-state index contributed by atoms with van der Waals surface area (Å²) < 4.78 is 72.3. The third-order valence-electron chi connectivity index (χ3n) is 7.38. The standard InChI is InChI=1S/C37H36ClF3N2O6S/c1-36(2,3)19-18-24-4-8-27(9-5-24)31(22-25-6-10-28(11-7-25)34(44)42-20-21-50(46,47)48)35(45)43-33-17-14-29(23-32(33)38)26-12-15-30(16-13-26)49-37(39,40)41/h4-19,23,31H,20-22H2,1-3H3,(H,42,44)(H,43,45)(H,46,47,48)/b19-18+. The van der Waals surface area contributed by atoms with Crippen molar-refractivity contribution in [2.75, 3.05) is 17.6 Å². The van der Waals surface area contributed by atoms with E-state index in [-0.39, 0.29) is 40.6 Å². The summed E-state index contributed by atoms with van der Waals surface area (Å²) in [4.78, 5) is 26.3. The first-order valence-electron chi connectivity index (χ1n) is 15.4. The minimum Gasteiger partial charge on any atom is -0.406 e. The monoisotopic (exact) mass is 728 g/mol. The van der Waals surface area contributed by atoms with Gasteiger partial charge in [0.25, 0.3) is 16.0 Å². The Bertz CT molecular complexity index is 1940. The van der Waals surface area contributed by atoms with Gasteiger partial charge in [0.05, 0.1) is 22.4 Å². The number of anilines is 1. The van der Waals surface area contributed by atoms with Gasteiger partial charge in [-0.2, -0.15) is 8.42 Å². The largest absolute Gasteiger partial charge is 0.573 e. The van der Waals surface area contributed by atoms with Crippen LogP contribution in [-0.2, 0) is 21.3 Å². The molecule has 0 saturated heterocycles. The molecule has 0 bridgehead atoms. The van der Waals surface area contributed by atoms with E-state index in [0.717, 1.165) is 16.7 Å². The molecule has 0 aliphatic heterocycles. The number of alkyl halides is 3. The number of ether oxygens (including phenoxy) is 1. The average Bonchev–Trinajstić information content (AvgIpc) is 3.03. The van der Waals surface area contributed by atoms with Crippen LogP contribution in [0.5, 0.6) is 5.75 Å². The van der Waals surface area contributed by atoms with Gasteiger partial charge in [-0.05, 0) is 76.1 Å². The summed E-state index contributed by atoms with van der Waals surface area (Å²) in [5.41, 5.74) is 4.24. The Morgan fingerprint density at radius 2 is 1.52 bits per heavy atom. The number of hydrogen-bond acceptors (Lipinski definition) is 5. The maximum Gasteiger partial charge on any atom is 0.573 e. The number of halogens is 4. The number of nitrogens with one attached hydrogen (secondary N) is 2. The minimum atomic E-state index is -4.80. The molecule has 1 unspecified atom stereocenters. The summed E-state index contributed by atoms with van der Waals surface area (Å²) in [6.45, 7) is 6.02.